The molecule has 1 aromatic rings. The van der Waals surface area contributed by atoms with Crippen LogP contribution in [0.25, 0.3) is 0 Å². The number of halogens is 1. The first-order chi connectivity index (χ1) is 9.65. The summed E-state index contributed by atoms with van der Waals surface area (Å²) in [6.07, 6.45) is 2.20. The molecule has 0 unspecified atom stereocenters. The predicted molar refractivity (Wildman–Crippen MR) is 83.0 cm³/mol. The lowest BCUT2D eigenvalue weighted by Crippen LogP contribution is -2.45. The van der Waals surface area contributed by atoms with Crippen molar-refractivity contribution in [1.29, 1.82) is 0 Å². The van der Waals surface area contributed by atoms with Gasteiger partial charge in [0, 0.05) is 17.6 Å². The molecule has 0 atom stereocenters. The summed E-state index contributed by atoms with van der Waals surface area (Å²) in [5, 5.41) is 2.90. The van der Waals surface area contributed by atoms with Gasteiger partial charge in [0.1, 0.15) is 12.4 Å². The third-order valence-corrected chi connectivity index (χ3v) is 4.01. The number of rotatable bonds is 4. The summed E-state index contributed by atoms with van der Waals surface area (Å²) < 4.78 is 6.57. The molecule has 0 bridgehead atoms. The SMILES string of the molecule is CC1CCN(C(=O)NCCOc2cccc(Br)c2)CC1. The molecule has 2 rings (SSSR count). The molecule has 20 heavy (non-hydrogen) atoms. The summed E-state index contributed by atoms with van der Waals surface area (Å²) in [5.74, 6) is 1.54. The van der Waals surface area contributed by atoms with E-state index in [1.165, 1.54) is 0 Å². The Balaban J connectivity index is 1.64. The van der Waals surface area contributed by atoms with Gasteiger partial charge >= 0.3 is 6.03 Å². The molecule has 1 aromatic carbocycles. The van der Waals surface area contributed by atoms with Crippen LogP contribution in [-0.4, -0.2) is 37.2 Å². The average molecular weight is 341 g/mol. The zero-order valence-electron chi connectivity index (χ0n) is 11.8. The first-order valence-corrected chi connectivity index (χ1v) is 7.85. The molecule has 1 aliphatic heterocycles. The van der Waals surface area contributed by atoms with Crippen molar-refractivity contribution in [1.82, 2.24) is 10.2 Å². The highest BCUT2D eigenvalue weighted by Crippen LogP contribution is 2.17. The van der Waals surface area contributed by atoms with Gasteiger partial charge in [-0.1, -0.05) is 28.9 Å². The zero-order valence-corrected chi connectivity index (χ0v) is 13.4. The quantitative estimate of drug-likeness (QED) is 0.854. The minimum absolute atomic E-state index is 0.0229. The molecule has 5 heteroatoms. The highest BCUT2D eigenvalue weighted by Gasteiger charge is 2.19. The normalized spacial score (nSPS) is 16.0. The maximum absolute atomic E-state index is 11.9. The van der Waals surface area contributed by atoms with E-state index in [2.05, 4.69) is 28.2 Å². The van der Waals surface area contributed by atoms with Gasteiger partial charge in [0.05, 0.1) is 6.54 Å². The van der Waals surface area contributed by atoms with Gasteiger partial charge in [-0.2, -0.15) is 0 Å². The summed E-state index contributed by atoms with van der Waals surface area (Å²) in [6.45, 7) is 4.96. The van der Waals surface area contributed by atoms with Crippen LogP contribution >= 0.6 is 15.9 Å². The van der Waals surface area contributed by atoms with Crippen molar-refractivity contribution in [3.8, 4) is 5.75 Å². The second-order valence-corrected chi connectivity index (χ2v) is 6.12. The number of amides is 2. The van der Waals surface area contributed by atoms with E-state index in [0.717, 1.165) is 42.1 Å². The van der Waals surface area contributed by atoms with E-state index in [-0.39, 0.29) is 6.03 Å². The average Bonchev–Trinajstić information content (AvgIpc) is 2.44. The summed E-state index contributed by atoms with van der Waals surface area (Å²) in [7, 11) is 0. The molecule has 1 fully saturated rings. The minimum atomic E-state index is 0.0229. The van der Waals surface area contributed by atoms with Gasteiger partial charge in [-0.3, -0.25) is 0 Å². The van der Waals surface area contributed by atoms with E-state index in [9.17, 15) is 4.79 Å². The topological polar surface area (TPSA) is 41.6 Å². The Labute approximate surface area is 128 Å². The molecule has 1 heterocycles. The number of likely N-dealkylation sites (tertiary alicyclic amines) is 1. The number of urea groups is 1. The molecule has 1 N–H and O–H groups in total. The van der Waals surface area contributed by atoms with E-state index < -0.39 is 0 Å². The van der Waals surface area contributed by atoms with Gasteiger partial charge < -0.3 is 15.0 Å². The van der Waals surface area contributed by atoms with Crippen molar-refractivity contribution < 1.29 is 9.53 Å². The van der Waals surface area contributed by atoms with Crippen LogP contribution in [0.4, 0.5) is 4.79 Å². The largest absolute Gasteiger partial charge is 0.492 e. The van der Waals surface area contributed by atoms with Crippen LogP contribution < -0.4 is 10.1 Å². The number of hydrogen-bond acceptors (Lipinski definition) is 2. The third-order valence-electron chi connectivity index (χ3n) is 3.51. The van der Waals surface area contributed by atoms with Crippen LogP contribution in [0, 0.1) is 5.92 Å². The van der Waals surface area contributed by atoms with Crippen LogP contribution in [0.15, 0.2) is 28.7 Å². The number of carbonyl (C=O) groups is 1. The van der Waals surface area contributed by atoms with Crippen molar-refractivity contribution in [2.45, 2.75) is 19.8 Å². The lowest BCUT2D eigenvalue weighted by atomic mass is 10.00. The molecule has 110 valence electrons. The maximum atomic E-state index is 11.9. The molecule has 2 amide bonds. The van der Waals surface area contributed by atoms with E-state index in [0.29, 0.717) is 13.2 Å². The molecule has 0 saturated carbocycles. The Hall–Kier alpha value is -1.23. The molecular formula is C15H21BrN2O2. The highest BCUT2D eigenvalue weighted by molar-refractivity contribution is 9.10. The van der Waals surface area contributed by atoms with Gasteiger partial charge in [0.25, 0.3) is 0 Å². The Kier molecular flexibility index (Phi) is 5.71. The fraction of sp³-hybridized carbons (Fsp3) is 0.533. The van der Waals surface area contributed by atoms with Crippen LogP contribution in [-0.2, 0) is 0 Å². The van der Waals surface area contributed by atoms with Crippen molar-refractivity contribution >= 4 is 22.0 Å². The fourth-order valence-corrected chi connectivity index (χ4v) is 2.59. The lowest BCUT2D eigenvalue weighted by molar-refractivity contribution is 0.172. The van der Waals surface area contributed by atoms with Crippen molar-refractivity contribution in [2.75, 3.05) is 26.2 Å². The van der Waals surface area contributed by atoms with E-state index in [1.807, 2.05) is 29.2 Å². The molecule has 0 aromatic heterocycles. The van der Waals surface area contributed by atoms with Gasteiger partial charge in [0.2, 0.25) is 0 Å². The first kappa shape index (κ1) is 15.2. The van der Waals surface area contributed by atoms with Gasteiger partial charge in [0.15, 0.2) is 0 Å². The van der Waals surface area contributed by atoms with Gasteiger partial charge in [-0.15, -0.1) is 0 Å². The number of nitrogens with one attached hydrogen (secondary N) is 1. The summed E-state index contributed by atoms with van der Waals surface area (Å²) in [4.78, 5) is 13.8. The van der Waals surface area contributed by atoms with Gasteiger partial charge in [-0.05, 0) is 37.0 Å². The number of piperidine rings is 1. The third kappa shape index (κ3) is 4.71. The monoisotopic (exact) mass is 340 g/mol. The van der Waals surface area contributed by atoms with Crippen LogP contribution in [0.2, 0.25) is 0 Å². The maximum Gasteiger partial charge on any atom is 0.317 e. The summed E-state index contributed by atoms with van der Waals surface area (Å²) in [6, 6.07) is 7.71. The molecule has 1 saturated heterocycles. The Bertz CT molecular complexity index is 445. The summed E-state index contributed by atoms with van der Waals surface area (Å²) >= 11 is 3.39. The highest BCUT2D eigenvalue weighted by atomic mass is 79.9. The van der Waals surface area contributed by atoms with E-state index in [1.54, 1.807) is 0 Å². The smallest absolute Gasteiger partial charge is 0.317 e. The predicted octanol–water partition coefficient (Wildman–Crippen LogP) is 3.27. The van der Waals surface area contributed by atoms with Crippen LogP contribution in [0.3, 0.4) is 0 Å². The Morgan fingerprint density at radius 1 is 1.45 bits per heavy atom. The van der Waals surface area contributed by atoms with Crippen molar-refractivity contribution in [3.63, 3.8) is 0 Å². The Morgan fingerprint density at radius 3 is 2.90 bits per heavy atom. The number of hydrogen-bond donors (Lipinski definition) is 1. The first-order valence-electron chi connectivity index (χ1n) is 7.06. The number of nitrogens with zero attached hydrogens (tertiary/aromatic N) is 1. The summed E-state index contributed by atoms with van der Waals surface area (Å²) in [5.41, 5.74) is 0. The lowest BCUT2D eigenvalue weighted by Gasteiger charge is -2.30. The molecule has 0 aliphatic carbocycles. The van der Waals surface area contributed by atoms with Crippen molar-refractivity contribution in [2.24, 2.45) is 5.92 Å². The zero-order chi connectivity index (χ0) is 14.4. The molecule has 0 spiro atoms. The standard InChI is InChI=1S/C15H21BrN2O2/c1-12-5-8-18(9-6-12)15(19)17-7-10-20-14-4-2-3-13(16)11-14/h2-4,11-12H,5-10H2,1H3,(H,17,19). The number of ether oxygens (including phenoxy) is 1. The second-order valence-electron chi connectivity index (χ2n) is 5.21. The molecule has 0 radical (unpaired) electrons. The molecule has 4 nitrogen and oxygen atoms in total. The number of benzene rings is 1. The Morgan fingerprint density at radius 2 is 2.20 bits per heavy atom. The van der Waals surface area contributed by atoms with Crippen LogP contribution in [0.5, 0.6) is 5.75 Å². The van der Waals surface area contributed by atoms with E-state index in [4.69, 9.17) is 4.74 Å². The molecule has 1 aliphatic rings. The number of carbonyl (C=O) groups excluding carboxylic acids is 1. The van der Waals surface area contributed by atoms with Gasteiger partial charge in [-0.25, -0.2) is 4.79 Å². The minimum Gasteiger partial charge on any atom is -0.492 e. The second kappa shape index (κ2) is 7.53. The van der Waals surface area contributed by atoms with Crippen LogP contribution in [0.1, 0.15) is 19.8 Å². The fourth-order valence-electron chi connectivity index (χ4n) is 2.21. The molecular weight excluding hydrogens is 320 g/mol. The van der Waals surface area contributed by atoms with Crippen molar-refractivity contribution in [3.05, 3.63) is 28.7 Å². The van der Waals surface area contributed by atoms with E-state index >= 15 is 0 Å².